The van der Waals surface area contributed by atoms with E-state index in [4.69, 9.17) is 4.99 Å². The van der Waals surface area contributed by atoms with Crippen LogP contribution in [0.2, 0.25) is 0 Å². The Kier molecular flexibility index (Phi) is 8.30. The lowest BCUT2D eigenvalue weighted by atomic mass is 10.0. The van der Waals surface area contributed by atoms with Gasteiger partial charge in [-0.25, -0.2) is 4.99 Å². The molecule has 1 fully saturated rings. The number of benzene rings is 1. The third-order valence-electron chi connectivity index (χ3n) is 5.52. The summed E-state index contributed by atoms with van der Waals surface area (Å²) in [4.78, 5) is 19.3. The quantitative estimate of drug-likeness (QED) is 0.518. The first kappa shape index (κ1) is 21.9. The molecule has 1 amide bonds. The molecule has 1 aromatic carbocycles. The largest absolute Gasteiger partial charge is 0.357 e. The molecule has 1 aromatic heterocycles. The first-order valence-electron chi connectivity index (χ1n) is 11.0. The summed E-state index contributed by atoms with van der Waals surface area (Å²) in [6.07, 6.45) is 7.70. The molecule has 1 aliphatic heterocycles. The van der Waals surface area contributed by atoms with E-state index in [0.29, 0.717) is 25.6 Å². The van der Waals surface area contributed by atoms with Crippen LogP contribution in [0.15, 0.2) is 47.7 Å². The van der Waals surface area contributed by atoms with E-state index in [1.165, 1.54) is 17.5 Å². The van der Waals surface area contributed by atoms with Crippen LogP contribution in [-0.4, -0.2) is 52.2 Å². The number of guanidine groups is 1. The van der Waals surface area contributed by atoms with E-state index < -0.39 is 0 Å². The van der Waals surface area contributed by atoms with E-state index >= 15 is 0 Å². The van der Waals surface area contributed by atoms with Gasteiger partial charge in [-0.15, -0.1) is 0 Å². The number of carbonyl (C=O) groups is 1. The minimum atomic E-state index is 0.232. The average Bonchev–Trinajstić information content (AvgIpc) is 3.26. The molecule has 3 rings (SSSR count). The van der Waals surface area contributed by atoms with E-state index in [9.17, 15) is 4.79 Å². The van der Waals surface area contributed by atoms with Crippen LogP contribution in [0.1, 0.15) is 50.7 Å². The van der Waals surface area contributed by atoms with Crippen molar-refractivity contribution < 1.29 is 4.79 Å². The van der Waals surface area contributed by atoms with Gasteiger partial charge in [-0.1, -0.05) is 24.3 Å². The Morgan fingerprint density at radius 2 is 2.03 bits per heavy atom. The standard InChI is InChI=1S/C23H34N6O/c1-3-24-23(25-14-12-22(30)29-16-7-6-9-19(29)2)26-17-20-10-4-5-11-21(20)18-28-15-8-13-27-28/h4-5,8,10-11,13,15,19H,3,6-7,9,12,14,16-18H2,1-2H3,(H2,24,25,26). The van der Waals surface area contributed by atoms with E-state index in [-0.39, 0.29) is 5.91 Å². The van der Waals surface area contributed by atoms with Crippen molar-refractivity contribution in [2.75, 3.05) is 19.6 Å². The van der Waals surface area contributed by atoms with Gasteiger partial charge in [0.05, 0.1) is 13.1 Å². The molecule has 162 valence electrons. The molecule has 2 N–H and O–H groups in total. The first-order chi connectivity index (χ1) is 14.7. The first-order valence-corrected chi connectivity index (χ1v) is 11.0. The molecular formula is C23H34N6O. The van der Waals surface area contributed by atoms with Crippen molar-refractivity contribution in [1.82, 2.24) is 25.3 Å². The lowest BCUT2D eigenvalue weighted by molar-refractivity contribution is -0.134. The summed E-state index contributed by atoms with van der Waals surface area (Å²) < 4.78 is 1.92. The highest BCUT2D eigenvalue weighted by Crippen LogP contribution is 2.17. The summed E-state index contributed by atoms with van der Waals surface area (Å²) in [5.74, 6) is 0.973. The topological polar surface area (TPSA) is 74.5 Å². The number of carbonyl (C=O) groups excluding carboxylic acids is 1. The highest BCUT2D eigenvalue weighted by Gasteiger charge is 2.22. The van der Waals surface area contributed by atoms with Crippen LogP contribution in [0.3, 0.4) is 0 Å². The average molecular weight is 411 g/mol. The van der Waals surface area contributed by atoms with Crippen LogP contribution in [-0.2, 0) is 17.9 Å². The smallest absolute Gasteiger partial charge is 0.224 e. The Bertz CT molecular complexity index is 817. The molecule has 0 spiro atoms. The highest BCUT2D eigenvalue weighted by atomic mass is 16.2. The second-order valence-corrected chi connectivity index (χ2v) is 7.78. The number of piperidine rings is 1. The molecule has 7 heteroatoms. The third-order valence-corrected chi connectivity index (χ3v) is 5.52. The van der Waals surface area contributed by atoms with Gasteiger partial charge in [-0.2, -0.15) is 5.10 Å². The van der Waals surface area contributed by atoms with Gasteiger partial charge in [0.2, 0.25) is 5.91 Å². The zero-order chi connectivity index (χ0) is 21.2. The molecule has 1 unspecified atom stereocenters. The van der Waals surface area contributed by atoms with Gasteiger partial charge >= 0.3 is 0 Å². The lowest BCUT2D eigenvalue weighted by Crippen LogP contribution is -2.44. The van der Waals surface area contributed by atoms with Crippen molar-refractivity contribution in [2.45, 2.75) is 58.7 Å². The zero-order valence-corrected chi connectivity index (χ0v) is 18.2. The van der Waals surface area contributed by atoms with Crippen LogP contribution in [0.25, 0.3) is 0 Å². The number of rotatable bonds is 8. The van der Waals surface area contributed by atoms with Crippen LogP contribution < -0.4 is 10.6 Å². The summed E-state index contributed by atoms with van der Waals surface area (Å²) in [6.45, 7) is 7.75. The predicted molar refractivity (Wildman–Crippen MR) is 120 cm³/mol. The van der Waals surface area contributed by atoms with Crippen LogP contribution in [0.5, 0.6) is 0 Å². The Hall–Kier alpha value is -2.83. The van der Waals surface area contributed by atoms with E-state index in [1.54, 1.807) is 6.20 Å². The summed E-state index contributed by atoms with van der Waals surface area (Å²) >= 11 is 0. The van der Waals surface area contributed by atoms with Gasteiger partial charge in [0.15, 0.2) is 5.96 Å². The second-order valence-electron chi connectivity index (χ2n) is 7.78. The summed E-state index contributed by atoms with van der Waals surface area (Å²) in [5, 5.41) is 10.9. The van der Waals surface area contributed by atoms with Crippen molar-refractivity contribution >= 4 is 11.9 Å². The molecule has 0 saturated carbocycles. The minimum Gasteiger partial charge on any atom is -0.357 e. The Labute approximate surface area is 179 Å². The molecule has 1 aliphatic rings. The highest BCUT2D eigenvalue weighted by molar-refractivity contribution is 5.81. The van der Waals surface area contributed by atoms with Gasteiger partial charge in [-0.05, 0) is 50.3 Å². The van der Waals surface area contributed by atoms with Crippen molar-refractivity contribution in [3.05, 3.63) is 53.9 Å². The predicted octanol–water partition coefficient (Wildman–Crippen LogP) is 2.78. The minimum absolute atomic E-state index is 0.232. The van der Waals surface area contributed by atoms with Gasteiger partial charge in [0.25, 0.3) is 0 Å². The van der Waals surface area contributed by atoms with Gasteiger partial charge in [-0.3, -0.25) is 9.48 Å². The van der Waals surface area contributed by atoms with E-state index in [0.717, 1.165) is 38.4 Å². The molecular weight excluding hydrogens is 376 g/mol. The molecule has 0 bridgehead atoms. The number of amides is 1. The Balaban J connectivity index is 1.55. The number of hydrogen-bond acceptors (Lipinski definition) is 3. The number of aromatic nitrogens is 2. The lowest BCUT2D eigenvalue weighted by Gasteiger charge is -2.33. The fourth-order valence-electron chi connectivity index (χ4n) is 3.84. The van der Waals surface area contributed by atoms with Crippen molar-refractivity contribution in [1.29, 1.82) is 0 Å². The molecule has 2 heterocycles. The van der Waals surface area contributed by atoms with Crippen LogP contribution in [0, 0.1) is 0 Å². The van der Waals surface area contributed by atoms with Crippen molar-refractivity contribution in [2.24, 2.45) is 4.99 Å². The SMILES string of the molecule is CCNC(=NCc1ccccc1Cn1cccn1)NCCC(=O)N1CCCCC1C. The number of nitrogens with one attached hydrogen (secondary N) is 2. The maximum absolute atomic E-state index is 12.5. The molecule has 0 aliphatic carbocycles. The van der Waals surface area contributed by atoms with E-state index in [1.807, 2.05) is 40.9 Å². The Morgan fingerprint density at radius 3 is 2.77 bits per heavy atom. The fraction of sp³-hybridized carbons (Fsp3) is 0.522. The summed E-state index contributed by atoms with van der Waals surface area (Å²) in [6, 6.07) is 10.6. The number of hydrogen-bond donors (Lipinski definition) is 2. The van der Waals surface area contributed by atoms with E-state index in [2.05, 4.69) is 34.8 Å². The van der Waals surface area contributed by atoms with Crippen molar-refractivity contribution in [3.63, 3.8) is 0 Å². The van der Waals surface area contributed by atoms with Crippen LogP contribution >= 0.6 is 0 Å². The molecule has 2 aromatic rings. The number of aliphatic imine (C=N–C) groups is 1. The summed E-state index contributed by atoms with van der Waals surface area (Å²) in [7, 11) is 0. The number of nitrogens with zero attached hydrogens (tertiary/aromatic N) is 4. The van der Waals surface area contributed by atoms with Crippen LogP contribution in [0.4, 0.5) is 0 Å². The van der Waals surface area contributed by atoms with Crippen molar-refractivity contribution in [3.8, 4) is 0 Å². The molecule has 7 nitrogen and oxygen atoms in total. The summed E-state index contributed by atoms with van der Waals surface area (Å²) in [5.41, 5.74) is 2.37. The molecule has 1 saturated heterocycles. The fourth-order valence-corrected chi connectivity index (χ4v) is 3.84. The number of likely N-dealkylation sites (tertiary alicyclic amines) is 1. The van der Waals surface area contributed by atoms with Gasteiger partial charge in [0, 0.05) is 44.5 Å². The third kappa shape index (κ3) is 6.34. The zero-order valence-electron chi connectivity index (χ0n) is 18.2. The van der Waals surface area contributed by atoms with Gasteiger partial charge in [0.1, 0.15) is 0 Å². The maximum atomic E-state index is 12.5. The normalized spacial score (nSPS) is 17.1. The molecule has 1 atom stereocenters. The molecule has 0 radical (unpaired) electrons. The second kappa shape index (κ2) is 11.4. The molecule has 30 heavy (non-hydrogen) atoms. The monoisotopic (exact) mass is 410 g/mol. The Morgan fingerprint density at radius 1 is 1.20 bits per heavy atom. The maximum Gasteiger partial charge on any atom is 0.224 e. The van der Waals surface area contributed by atoms with Gasteiger partial charge < -0.3 is 15.5 Å².